The molecule has 2 heterocycles. The van der Waals surface area contributed by atoms with Crippen molar-refractivity contribution in [3.8, 4) is 0 Å². The fraction of sp³-hybridized carbons (Fsp3) is 0.692. The Balaban J connectivity index is 2.23. The van der Waals surface area contributed by atoms with E-state index in [0.717, 1.165) is 5.69 Å². The van der Waals surface area contributed by atoms with E-state index in [0.29, 0.717) is 12.4 Å². The number of carbonyl (C=O) groups excluding carboxylic acids is 1. The molecular weight excluding hydrogens is 292 g/mol. The summed E-state index contributed by atoms with van der Waals surface area (Å²) < 4.78 is 24.0. The summed E-state index contributed by atoms with van der Waals surface area (Å²) in [7, 11) is -1.78. The van der Waals surface area contributed by atoms with Gasteiger partial charge in [0.25, 0.3) is 0 Å². The number of carbonyl (C=O) groups is 1. The summed E-state index contributed by atoms with van der Waals surface area (Å²) in [4.78, 5) is 13.7. The summed E-state index contributed by atoms with van der Waals surface area (Å²) in [6.07, 6.45) is 0.201. The number of hydrogen-bond donors (Lipinski definition) is 1. The molecule has 1 aromatic rings. The number of hydrogen-bond acceptors (Lipinski definition) is 4. The minimum atomic E-state index is -3.57. The van der Waals surface area contributed by atoms with Gasteiger partial charge in [-0.3, -0.25) is 14.4 Å². The third-order valence-electron chi connectivity index (χ3n) is 3.57. The minimum absolute atomic E-state index is 0.0906. The molecule has 21 heavy (non-hydrogen) atoms. The molecule has 1 fully saturated rings. The molecule has 1 saturated heterocycles. The Kier molecular flexibility index (Phi) is 3.88. The number of primary sulfonamides is 1. The molecule has 2 rings (SSSR count). The number of rotatable bonds is 3. The Hall–Kier alpha value is -1.41. The molecule has 0 radical (unpaired) electrons. The standard InChI is InChI=1S/C13H22N4O3S/c1-13(2,3)10-6-11(16(4)15-10)17-7-9(5-12(17)18)8-21(14,19)20/h6,9H,5,7-8H2,1-4H3,(H2,14,19,20). The molecule has 1 aliphatic heterocycles. The predicted molar refractivity (Wildman–Crippen MR) is 80.3 cm³/mol. The number of nitrogens with zero attached hydrogens (tertiary/aromatic N) is 3. The maximum Gasteiger partial charge on any atom is 0.228 e. The topological polar surface area (TPSA) is 98.3 Å². The molecule has 0 bridgehead atoms. The van der Waals surface area contributed by atoms with Crippen LogP contribution >= 0.6 is 0 Å². The quantitative estimate of drug-likeness (QED) is 0.870. The summed E-state index contributed by atoms with van der Waals surface area (Å²) in [6.45, 7) is 6.51. The highest BCUT2D eigenvalue weighted by Gasteiger charge is 2.35. The number of nitrogens with two attached hydrogens (primary N) is 1. The Morgan fingerprint density at radius 2 is 2.05 bits per heavy atom. The smallest absolute Gasteiger partial charge is 0.228 e. The lowest BCUT2D eigenvalue weighted by atomic mass is 9.92. The van der Waals surface area contributed by atoms with Crippen LogP contribution in [-0.2, 0) is 27.3 Å². The van der Waals surface area contributed by atoms with Gasteiger partial charge in [-0.05, 0) is 0 Å². The molecule has 118 valence electrons. The minimum Gasteiger partial charge on any atom is -0.297 e. The Morgan fingerprint density at radius 3 is 2.52 bits per heavy atom. The van der Waals surface area contributed by atoms with Gasteiger partial charge in [0.05, 0.1) is 11.4 Å². The number of aryl methyl sites for hydroxylation is 1. The van der Waals surface area contributed by atoms with Crippen LogP contribution in [0, 0.1) is 5.92 Å². The third-order valence-corrected chi connectivity index (χ3v) is 4.51. The van der Waals surface area contributed by atoms with Crippen molar-refractivity contribution in [3.63, 3.8) is 0 Å². The first-order valence-electron chi connectivity index (χ1n) is 6.83. The van der Waals surface area contributed by atoms with E-state index in [4.69, 9.17) is 5.14 Å². The zero-order chi connectivity index (χ0) is 16.0. The molecular formula is C13H22N4O3S. The van der Waals surface area contributed by atoms with Crippen LogP contribution < -0.4 is 10.0 Å². The van der Waals surface area contributed by atoms with Gasteiger partial charge in [0.2, 0.25) is 15.9 Å². The van der Waals surface area contributed by atoms with Crippen molar-refractivity contribution in [1.82, 2.24) is 9.78 Å². The van der Waals surface area contributed by atoms with Crippen LogP contribution in [0.5, 0.6) is 0 Å². The van der Waals surface area contributed by atoms with Crippen molar-refractivity contribution >= 4 is 21.7 Å². The average Bonchev–Trinajstić information content (AvgIpc) is 2.79. The normalized spacial score (nSPS) is 20.3. The number of sulfonamides is 1. The molecule has 7 nitrogen and oxygen atoms in total. The van der Waals surface area contributed by atoms with Gasteiger partial charge in [-0.15, -0.1) is 0 Å². The summed E-state index contributed by atoms with van der Waals surface area (Å²) in [6, 6.07) is 1.89. The first-order chi connectivity index (χ1) is 9.47. The molecule has 1 atom stereocenters. The third kappa shape index (κ3) is 3.62. The van der Waals surface area contributed by atoms with Crippen LogP contribution in [0.2, 0.25) is 0 Å². The van der Waals surface area contributed by atoms with E-state index in [1.165, 1.54) is 0 Å². The summed E-state index contributed by atoms with van der Waals surface area (Å²) in [5, 5.41) is 9.50. The van der Waals surface area contributed by atoms with Gasteiger partial charge in [-0.2, -0.15) is 5.10 Å². The van der Waals surface area contributed by atoms with Gasteiger partial charge in [-0.1, -0.05) is 20.8 Å². The fourth-order valence-electron chi connectivity index (χ4n) is 2.52. The number of anilines is 1. The molecule has 2 N–H and O–H groups in total. The van der Waals surface area contributed by atoms with Crippen LogP contribution in [-0.4, -0.2) is 36.4 Å². The molecule has 8 heteroatoms. The second-order valence-electron chi connectivity index (χ2n) is 6.67. The van der Waals surface area contributed by atoms with Crippen molar-refractivity contribution in [2.75, 3.05) is 17.2 Å². The molecule has 0 spiro atoms. The van der Waals surface area contributed by atoms with Gasteiger partial charge in [0.15, 0.2) is 0 Å². The van der Waals surface area contributed by atoms with Crippen LogP contribution in [0.4, 0.5) is 5.82 Å². The maximum absolute atomic E-state index is 12.1. The van der Waals surface area contributed by atoms with Gasteiger partial charge >= 0.3 is 0 Å². The fourth-order valence-corrected chi connectivity index (χ4v) is 3.40. The predicted octanol–water partition coefficient (Wildman–Crippen LogP) is 0.359. The lowest BCUT2D eigenvalue weighted by Gasteiger charge is -2.16. The van der Waals surface area contributed by atoms with Crippen LogP contribution in [0.15, 0.2) is 6.07 Å². The SMILES string of the molecule is Cn1nc(C(C)(C)C)cc1N1CC(CS(N)(=O)=O)CC1=O. The van der Waals surface area contributed by atoms with E-state index < -0.39 is 10.0 Å². The summed E-state index contributed by atoms with van der Waals surface area (Å²) in [5.41, 5.74) is 0.779. The van der Waals surface area contributed by atoms with Crippen molar-refractivity contribution in [3.05, 3.63) is 11.8 Å². The summed E-state index contributed by atoms with van der Waals surface area (Å²) in [5.74, 6) is 0.175. The van der Waals surface area contributed by atoms with Crippen LogP contribution in [0.25, 0.3) is 0 Å². The highest BCUT2D eigenvalue weighted by molar-refractivity contribution is 7.89. The van der Waals surface area contributed by atoms with Crippen molar-refractivity contribution in [1.29, 1.82) is 0 Å². The first-order valence-corrected chi connectivity index (χ1v) is 8.54. The highest BCUT2D eigenvalue weighted by Crippen LogP contribution is 2.29. The molecule has 0 aliphatic carbocycles. The van der Waals surface area contributed by atoms with E-state index >= 15 is 0 Å². The van der Waals surface area contributed by atoms with Crippen LogP contribution in [0.1, 0.15) is 32.9 Å². The zero-order valence-corrected chi connectivity index (χ0v) is 13.6. The van der Waals surface area contributed by atoms with Gasteiger partial charge in [-0.25, -0.2) is 13.6 Å². The maximum atomic E-state index is 12.1. The largest absolute Gasteiger partial charge is 0.297 e. The van der Waals surface area contributed by atoms with Gasteiger partial charge in [0, 0.05) is 37.4 Å². The first kappa shape index (κ1) is 16.0. The van der Waals surface area contributed by atoms with E-state index in [-0.39, 0.29) is 29.4 Å². The molecule has 1 aliphatic rings. The molecule has 1 amide bonds. The van der Waals surface area contributed by atoms with Crippen LogP contribution in [0.3, 0.4) is 0 Å². The Bertz CT molecular complexity index is 657. The van der Waals surface area contributed by atoms with Crippen molar-refractivity contribution < 1.29 is 13.2 Å². The Morgan fingerprint density at radius 1 is 1.43 bits per heavy atom. The monoisotopic (exact) mass is 314 g/mol. The second-order valence-corrected chi connectivity index (χ2v) is 8.32. The number of aromatic nitrogens is 2. The van der Waals surface area contributed by atoms with E-state index in [1.807, 2.05) is 6.07 Å². The van der Waals surface area contributed by atoms with E-state index in [2.05, 4.69) is 25.9 Å². The molecule has 1 aromatic heterocycles. The molecule has 0 saturated carbocycles. The van der Waals surface area contributed by atoms with E-state index in [1.54, 1.807) is 16.6 Å². The molecule has 0 aromatic carbocycles. The summed E-state index contributed by atoms with van der Waals surface area (Å²) >= 11 is 0. The van der Waals surface area contributed by atoms with E-state index in [9.17, 15) is 13.2 Å². The lowest BCUT2D eigenvalue weighted by Crippen LogP contribution is -2.28. The zero-order valence-electron chi connectivity index (χ0n) is 12.8. The van der Waals surface area contributed by atoms with Crippen molar-refractivity contribution in [2.45, 2.75) is 32.6 Å². The Labute approximate surface area is 125 Å². The second kappa shape index (κ2) is 5.10. The van der Waals surface area contributed by atoms with Gasteiger partial charge in [0.1, 0.15) is 5.82 Å². The lowest BCUT2D eigenvalue weighted by molar-refractivity contribution is -0.117. The molecule has 1 unspecified atom stereocenters. The van der Waals surface area contributed by atoms with Crippen molar-refractivity contribution in [2.24, 2.45) is 18.1 Å². The number of amides is 1. The van der Waals surface area contributed by atoms with Gasteiger partial charge < -0.3 is 0 Å². The average molecular weight is 314 g/mol. The highest BCUT2D eigenvalue weighted by atomic mass is 32.2.